The minimum atomic E-state index is -0.275. The number of halogens is 1. The third kappa shape index (κ3) is 5.33. The average molecular weight is 473 g/mol. The van der Waals surface area contributed by atoms with E-state index in [9.17, 15) is 9.59 Å². The number of carbonyl (C=O) groups is 2. The van der Waals surface area contributed by atoms with E-state index < -0.39 is 0 Å². The van der Waals surface area contributed by atoms with Crippen molar-refractivity contribution in [3.8, 4) is 11.5 Å². The number of amides is 2. The molecule has 2 aromatic rings. The van der Waals surface area contributed by atoms with E-state index in [0.717, 1.165) is 11.4 Å². The standard InChI is InChI=1S/C24H29ClN4O4/c1-32-20-5-3-17(13-21(20)33-2)7-8-29-16-18(14-23(29)30)24(31)28-11-9-27(10-12-28)22-6-4-19(25)15-26-22/h3-6,13,15,18H,7-12,14,16H2,1-2H3. The van der Waals surface area contributed by atoms with Gasteiger partial charge in [0.25, 0.3) is 0 Å². The van der Waals surface area contributed by atoms with Crippen LogP contribution in [-0.4, -0.2) is 80.1 Å². The Hall–Kier alpha value is -3.00. The van der Waals surface area contributed by atoms with Crippen LogP contribution in [0.5, 0.6) is 11.5 Å². The maximum absolute atomic E-state index is 13.1. The van der Waals surface area contributed by atoms with E-state index in [4.69, 9.17) is 21.1 Å². The van der Waals surface area contributed by atoms with Crippen molar-refractivity contribution in [2.45, 2.75) is 12.8 Å². The summed E-state index contributed by atoms with van der Waals surface area (Å²) in [5.41, 5.74) is 1.06. The lowest BCUT2D eigenvalue weighted by Gasteiger charge is -2.36. The van der Waals surface area contributed by atoms with Crippen molar-refractivity contribution in [2.24, 2.45) is 5.92 Å². The number of hydrogen-bond donors (Lipinski definition) is 0. The first kappa shape index (κ1) is 23.2. The molecule has 1 unspecified atom stereocenters. The number of nitrogens with zero attached hydrogens (tertiary/aromatic N) is 4. The van der Waals surface area contributed by atoms with Gasteiger partial charge in [-0.25, -0.2) is 4.98 Å². The molecule has 0 saturated carbocycles. The molecule has 0 spiro atoms. The van der Waals surface area contributed by atoms with Crippen LogP contribution in [0, 0.1) is 5.92 Å². The van der Waals surface area contributed by atoms with Crippen LogP contribution in [0.3, 0.4) is 0 Å². The van der Waals surface area contributed by atoms with Crippen molar-refractivity contribution in [1.29, 1.82) is 0 Å². The second-order valence-electron chi connectivity index (χ2n) is 8.33. The molecule has 176 valence electrons. The van der Waals surface area contributed by atoms with Gasteiger partial charge in [0.2, 0.25) is 11.8 Å². The first-order valence-electron chi connectivity index (χ1n) is 11.1. The van der Waals surface area contributed by atoms with Crippen LogP contribution in [0.2, 0.25) is 5.02 Å². The van der Waals surface area contributed by atoms with Gasteiger partial charge in [0.15, 0.2) is 11.5 Å². The minimum absolute atomic E-state index is 0.0397. The highest BCUT2D eigenvalue weighted by molar-refractivity contribution is 6.30. The minimum Gasteiger partial charge on any atom is -0.493 e. The highest BCUT2D eigenvalue weighted by atomic mass is 35.5. The zero-order chi connectivity index (χ0) is 23.4. The fourth-order valence-corrected chi connectivity index (χ4v) is 4.53. The number of rotatable bonds is 7. The first-order valence-corrected chi connectivity index (χ1v) is 11.5. The van der Waals surface area contributed by atoms with Gasteiger partial charge in [-0.05, 0) is 36.2 Å². The first-order chi connectivity index (χ1) is 16.0. The molecule has 1 aromatic heterocycles. The second kappa shape index (κ2) is 10.3. The molecule has 2 aliphatic heterocycles. The van der Waals surface area contributed by atoms with Gasteiger partial charge in [-0.1, -0.05) is 17.7 Å². The predicted molar refractivity (Wildman–Crippen MR) is 126 cm³/mol. The van der Waals surface area contributed by atoms with Gasteiger partial charge in [0.05, 0.1) is 25.2 Å². The van der Waals surface area contributed by atoms with Crippen molar-refractivity contribution < 1.29 is 19.1 Å². The number of benzene rings is 1. The van der Waals surface area contributed by atoms with Crippen molar-refractivity contribution in [3.05, 3.63) is 47.1 Å². The summed E-state index contributed by atoms with van der Waals surface area (Å²) in [7, 11) is 3.21. The number of aromatic nitrogens is 1. The summed E-state index contributed by atoms with van der Waals surface area (Å²) in [4.78, 5) is 35.8. The van der Waals surface area contributed by atoms with Gasteiger partial charge < -0.3 is 24.2 Å². The van der Waals surface area contributed by atoms with E-state index in [1.54, 1.807) is 25.3 Å². The molecular formula is C24H29ClN4O4. The fraction of sp³-hybridized carbons (Fsp3) is 0.458. The SMILES string of the molecule is COc1ccc(CCN2CC(C(=O)N3CCN(c4ccc(Cl)cn4)CC3)CC2=O)cc1OC. The summed E-state index contributed by atoms with van der Waals surface area (Å²) >= 11 is 5.92. The summed E-state index contributed by atoms with van der Waals surface area (Å²) in [6.07, 6.45) is 2.61. The number of likely N-dealkylation sites (tertiary alicyclic amines) is 1. The van der Waals surface area contributed by atoms with Gasteiger partial charge in [-0.15, -0.1) is 0 Å². The Morgan fingerprint density at radius 3 is 2.52 bits per heavy atom. The molecule has 2 fully saturated rings. The van der Waals surface area contributed by atoms with E-state index >= 15 is 0 Å². The topological polar surface area (TPSA) is 75.2 Å². The Kier molecular flexibility index (Phi) is 7.23. The molecule has 2 amide bonds. The summed E-state index contributed by atoms with van der Waals surface area (Å²) in [5, 5.41) is 0.606. The van der Waals surface area contributed by atoms with Crippen molar-refractivity contribution >= 4 is 29.2 Å². The molecule has 1 aromatic carbocycles. The molecule has 0 radical (unpaired) electrons. The summed E-state index contributed by atoms with van der Waals surface area (Å²) < 4.78 is 10.6. The Labute approximate surface area is 199 Å². The van der Waals surface area contributed by atoms with Crippen LogP contribution in [0.4, 0.5) is 5.82 Å². The van der Waals surface area contributed by atoms with E-state index in [1.165, 1.54) is 0 Å². The molecule has 2 saturated heterocycles. The molecule has 3 heterocycles. The monoisotopic (exact) mass is 472 g/mol. The van der Waals surface area contributed by atoms with Crippen LogP contribution in [0.15, 0.2) is 36.5 Å². The number of piperazine rings is 1. The molecule has 2 aliphatic rings. The zero-order valence-corrected chi connectivity index (χ0v) is 19.8. The van der Waals surface area contributed by atoms with Crippen molar-refractivity contribution in [2.75, 3.05) is 58.4 Å². The van der Waals surface area contributed by atoms with Crippen LogP contribution < -0.4 is 14.4 Å². The zero-order valence-electron chi connectivity index (χ0n) is 19.0. The van der Waals surface area contributed by atoms with E-state index in [1.807, 2.05) is 35.2 Å². The second-order valence-corrected chi connectivity index (χ2v) is 8.76. The van der Waals surface area contributed by atoms with E-state index in [2.05, 4.69) is 9.88 Å². The van der Waals surface area contributed by atoms with Gasteiger partial charge in [0.1, 0.15) is 5.82 Å². The molecular weight excluding hydrogens is 444 g/mol. The third-order valence-electron chi connectivity index (χ3n) is 6.31. The number of ether oxygens (including phenoxy) is 2. The number of methoxy groups -OCH3 is 2. The molecule has 33 heavy (non-hydrogen) atoms. The lowest BCUT2D eigenvalue weighted by Crippen LogP contribution is -2.51. The van der Waals surface area contributed by atoms with Crippen LogP contribution in [0.25, 0.3) is 0 Å². The van der Waals surface area contributed by atoms with E-state index in [-0.39, 0.29) is 24.2 Å². The highest BCUT2D eigenvalue weighted by Crippen LogP contribution is 2.28. The number of anilines is 1. The Balaban J connectivity index is 1.28. The largest absolute Gasteiger partial charge is 0.493 e. The Bertz CT molecular complexity index is 992. The van der Waals surface area contributed by atoms with Crippen molar-refractivity contribution in [1.82, 2.24) is 14.8 Å². The lowest BCUT2D eigenvalue weighted by atomic mass is 10.1. The van der Waals surface area contributed by atoms with Gasteiger partial charge in [0, 0.05) is 51.9 Å². The Morgan fingerprint density at radius 1 is 1.09 bits per heavy atom. The normalized spacial score (nSPS) is 18.6. The third-order valence-corrected chi connectivity index (χ3v) is 6.53. The smallest absolute Gasteiger partial charge is 0.228 e. The van der Waals surface area contributed by atoms with Gasteiger partial charge in [-0.3, -0.25) is 9.59 Å². The molecule has 0 bridgehead atoms. The van der Waals surface area contributed by atoms with Crippen LogP contribution in [0.1, 0.15) is 12.0 Å². The maximum Gasteiger partial charge on any atom is 0.228 e. The molecule has 8 nitrogen and oxygen atoms in total. The van der Waals surface area contributed by atoms with E-state index in [0.29, 0.717) is 62.2 Å². The van der Waals surface area contributed by atoms with Crippen molar-refractivity contribution in [3.63, 3.8) is 0 Å². The van der Waals surface area contributed by atoms with Crippen LogP contribution in [-0.2, 0) is 16.0 Å². The van der Waals surface area contributed by atoms with Crippen LogP contribution >= 0.6 is 11.6 Å². The number of carbonyl (C=O) groups excluding carboxylic acids is 2. The molecule has 0 aliphatic carbocycles. The lowest BCUT2D eigenvalue weighted by molar-refractivity contribution is -0.136. The number of pyridine rings is 1. The number of hydrogen-bond acceptors (Lipinski definition) is 6. The fourth-order valence-electron chi connectivity index (χ4n) is 4.42. The predicted octanol–water partition coefficient (Wildman–Crippen LogP) is 2.49. The quantitative estimate of drug-likeness (QED) is 0.616. The summed E-state index contributed by atoms with van der Waals surface area (Å²) in [5.74, 6) is 2.05. The summed E-state index contributed by atoms with van der Waals surface area (Å²) in [6, 6.07) is 9.48. The maximum atomic E-state index is 13.1. The molecule has 4 rings (SSSR count). The average Bonchev–Trinajstić information content (AvgIpc) is 3.23. The molecule has 0 N–H and O–H groups in total. The van der Waals surface area contributed by atoms with Gasteiger partial charge >= 0.3 is 0 Å². The molecule has 9 heteroatoms. The molecule has 1 atom stereocenters. The van der Waals surface area contributed by atoms with Gasteiger partial charge in [-0.2, -0.15) is 0 Å². The Morgan fingerprint density at radius 2 is 1.85 bits per heavy atom. The summed E-state index contributed by atoms with van der Waals surface area (Å²) in [6.45, 7) is 3.73. The highest BCUT2D eigenvalue weighted by Gasteiger charge is 2.37.